The largest absolute Gasteiger partial charge is 0.359 e. The second kappa shape index (κ2) is 9.20. The Kier molecular flexibility index (Phi) is 6.68. The number of piperidine rings is 1. The van der Waals surface area contributed by atoms with E-state index in [1.165, 1.54) is 5.56 Å². The Morgan fingerprint density at radius 2 is 1.79 bits per heavy atom. The van der Waals surface area contributed by atoms with Gasteiger partial charge in [0, 0.05) is 36.5 Å². The highest BCUT2D eigenvalue weighted by molar-refractivity contribution is 5.99. The van der Waals surface area contributed by atoms with Crippen LogP contribution in [-0.4, -0.2) is 47.8 Å². The highest BCUT2D eigenvalue weighted by atomic mass is 16.1. The highest BCUT2D eigenvalue weighted by Gasteiger charge is 2.26. The average molecular weight is 382 g/mol. The summed E-state index contributed by atoms with van der Waals surface area (Å²) in [5, 5.41) is 2.73. The monoisotopic (exact) mass is 381 g/mol. The van der Waals surface area contributed by atoms with Gasteiger partial charge in [-0.15, -0.1) is 0 Å². The van der Waals surface area contributed by atoms with Gasteiger partial charge in [-0.05, 0) is 57.8 Å². The first-order valence-electron chi connectivity index (χ1n) is 10.2. The van der Waals surface area contributed by atoms with Crippen LogP contribution in [0.2, 0.25) is 0 Å². The number of hydrogen-bond acceptors (Lipinski definition) is 3. The second-order valence-corrected chi connectivity index (χ2v) is 7.76. The number of aryl methyl sites for hydroxylation is 2. The molecule has 1 aliphatic heterocycles. The Balaban J connectivity index is 1.59. The summed E-state index contributed by atoms with van der Waals surface area (Å²) >= 11 is 0. The second-order valence-electron chi connectivity index (χ2n) is 7.76. The predicted molar refractivity (Wildman–Crippen MR) is 112 cm³/mol. The van der Waals surface area contributed by atoms with Crippen LogP contribution in [0.25, 0.3) is 0 Å². The van der Waals surface area contributed by atoms with E-state index in [9.17, 15) is 9.59 Å². The lowest BCUT2D eigenvalue weighted by Crippen LogP contribution is -2.41. The Morgan fingerprint density at radius 1 is 1.11 bits per heavy atom. The first-order chi connectivity index (χ1) is 13.5. The molecule has 0 unspecified atom stereocenters. The van der Waals surface area contributed by atoms with Gasteiger partial charge in [-0.2, -0.15) is 0 Å². The van der Waals surface area contributed by atoms with Crippen molar-refractivity contribution in [2.75, 3.05) is 26.7 Å². The molecule has 5 heteroatoms. The van der Waals surface area contributed by atoms with Gasteiger partial charge in [-0.1, -0.05) is 30.3 Å². The van der Waals surface area contributed by atoms with Crippen molar-refractivity contribution in [3.05, 3.63) is 58.9 Å². The van der Waals surface area contributed by atoms with Crippen molar-refractivity contribution in [1.29, 1.82) is 0 Å². The summed E-state index contributed by atoms with van der Waals surface area (Å²) in [6.45, 7) is 7.04. The van der Waals surface area contributed by atoms with Gasteiger partial charge in [-0.3, -0.25) is 14.5 Å². The maximum Gasteiger partial charge on any atom is 0.222 e. The number of Topliss-reactive ketones (excluding diaryl/α,β-unsaturated/α-hetero) is 1. The lowest BCUT2D eigenvalue weighted by molar-refractivity contribution is -0.125. The van der Waals surface area contributed by atoms with Crippen LogP contribution < -0.4 is 5.32 Å². The number of nitrogens with zero attached hydrogens (tertiary/aromatic N) is 2. The zero-order chi connectivity index (χ0) is 20.1. The molecule has 0 aliphatic carbocycles. The van der Waals surface area contributed by atoms with Crippen molar-refractivity contribution in [3.63, 3.8) is 0 Å². The lowest BCUT2D eigenvalue weighted by atomic mass is 9.95. The Bertz CT molecular complexity index is 818. The van der Waals surface area contributed by atoms with E-state index in [0.29, 0.717) is 6.54 Å². The fraction of sp³-hybridized carbons (Fsp3) is 0.478. The van der Waals surface area contributed by atoms with Gasteiger partial charge < -0.3 is 9.88 Å². The maximum absolute atomic E-state index is 12.9. The molecule has 2 heterocycles. The zero-order valence-corrected chi connectivity index (χ0v) is 17.2. The van der Waals surface area contributed by atoms with Crippen LogP contribution in [0.1, 0.15) is 40.2 Å². The topological polar surface area (TPSA) is 54.3 Å². The van der Waals surface area contributed by atoms with Gasteiger partial charge in [-0.25, -0.2) is 0 Å². The quantitative estimate of drug-likeness (QED) is 0.750. The fourth-order valence-corrected chi connectivity index (χ4v) is 4.16. The SMILES string of the molecule is CNC(=O)C1CCN(CC(=O)c2cc(C)n(CCc3ccccc3)c2C)CC1. The van der Waals surface area contributed by atoms with Gasteiger partial charge in [0.25, 0.3) is 0 Å². The standard InChI is InChI=1S/C23H31N3O2/c1-17-15-21(18(2)26(17)14-9-19-7-5-4-6-8-19)22(27)16-25-12-10-20(11-13-25)23(28)24-3/h4-8,15,20H,9-14,16H2,1-3H3,(H,24,28). The normalized spacial score (nSPS) is 15.5. The molecule has 1 fully saturated rings. The molecule has 3 rings (SSSR count). The van der Waals surface area contributed by atoms with Crippen molar-refractivity contribution < 1.29 is 9.59 Å². The van der Waals surface area contributed by atoms with Gasteiger partial charge in [0.2, 0.25) is 5.91 Å². The molecule has 1 N–H and O–H groups in total. The number of amides is 1. The molecule has 0 bridgehead atoms. The number of likely N-dealkylation sites (tertiary alicyclic amines) is 1. The summed E-state index contributed by atoms with van der Waals surface area (Å²) in [7, 11) is 1.69. The Labute approximate surface area is 167 Å². The number of carbonyl (C=O) groups excluding carboxylic acids is 2. The number of rotatable bonds is 7. The third-order valence-electron chi connectivity index (χ3n) is 5.91. The third-order valence-corrected chi connectivity index (χ3v) is 5.91. The smallest absolute Gasteiger partial charge is 0.222 e. The van der Waals surface area contributed by atoms with Crippen molar-refractivity contribution in [2.45, 2.75) is 39.7 Å². The molecule has 0 spiro atoms. The molecule has 150 valence electrons. The van der Waals surface area contributed by atoms with Gasteiger partial charge in [0.05, 0.1) is 6.54 Å². The maximum atomic E-state index is 12.9. The number of ketones is 1. The van der Waals surface area contributed by atoms with E-state index in [1.807, 2.05) is 19.1 Å². The Hall–Kier alpha value is -2.40. The molecule has 28 heavy (non-hydrogen) atoms. The summed E-state index contributed by atoms with van der Waals surface area (Å²) in [5.41, 5.74) is 4.33. The summed E-state index contributed by atoms with van der Waals surface area (Å²) in [6, 6.07) is 12.5. The van der Waals surface area contributed by atoms with Crippen LogP contribution in [0.15, 0.2) is 36.4 Å². The first kappa shape index (κ1) is 20.3. The molecule has 1 aliphatic rings. The summed E-state index contributed by atoms with van der Waals surface area (Å²) in [6.07, 6.45) is 2.60. The van der Waals surface area contributed by atoms with Crippen molar-refractivity contribution in [2.24, 2.45) is 5.92 Å². The highest BCUT2D eigenvalue weighted by Crippen LogP contribution is 2.20. The minimum absolute atomic E-state index is 0.0828. The zero-order valence-electron chi connectivity index (χ0n) is 17.2. The van der Waals surface area contributed by atoms with Crippen LogP contribution in [0.3, 0.4) is 0 Å². The minimum atomic E-state index is 0.0828. The summed E-state index contributed by atoms with van der Waals surface area (Å²) in [4.78, 5) is 26.9. The predicted octanol–water partition coefficient (Wildman–Crippen LogP) is 2.99. The fourth-order valence-electron chi connectivity index (χ4n) is 4.16. The Morgan fingerprint density at radius 3 is 2.43 bits per heavy atom. The molecule has 1 aromatic heterocycles. The van der Waals surface area contributed by atoms with Crippen LogP contribution in [-0.2, 0) is 17.8 Å². The molecule has 2 aromatic rings. The van der Waals surface area contributed by atoms with E-state index >= 15 is 0 Å². The van der Waals surface area contributed by atoms with E-state index in [-0.39, 0.29) is 17.6 Å². The molecular weight excluding hydrogens is 350 g/mol. The van der Waals surface area contributed by atoms with E-state index in [4.69, 9.17) is 0 Å². The van der Waals surface area contributed by atoms with E-state index in [0.717, 1.165) is 55.8 Å². The van der Waals surface area contributed by atoms with E-state index < -0.39 is 0 Å². The first-order valence-corrected chi connectivity index (χ1v) is 10.2. The number of carbonyl (C=O) groups is 2. The van der Waals surface area contributed by atoms with Crippen LogP contribution >= 0.6 is 0 Å². The summed E-state index contributed by atoms with van der Waals surface area (Å²) in [5.74, 6) is 0.379. The molecule has 5 nitrogen and oxygen atoms in total. The number of hydrogen-bond donors (Lipinski definition) is 1. The average Bonchev–Trinajstić information content (AvgIpc) is 3.01. The van der Waals surface area contributed by atoms with Crippen LogP contribution in [0.5, 0.6) is 0 Å². The number of aromatic nitrogens is 1. The third kappa shape index (κ3) is 4.71. The van der Waals surface area contributed by atoms with Crippen molar-refractivity contribution in [1.82, 2.24) is 14.8 Å². The molecule has 0 atom stereocenters. The molecule has 0 saturated carbocycles. The van der Waals surface area contributed by atoms with Crippen molar-refractivity contribution in [3.8, 4) is 0 Å². The van der Waals surface area contributed by atoms with Crippen LogP contribution in [0, 0.1) is 19.8 Å². The van der Waals surface area contributed by atoms with Crippen molar-refractivity contribution >= 4 is 11.7 Å². The molecule has 1 aromatic carbocycles. The number of nitrogens with one attached hydrogen (secondary N) is 1. The van der Waals surface area contributed by atoms with Gasteiger partial charge in [0.15, 0.2) is 5.78 Å². The molecule has 1 saturated heterocycles. The molecule has 0 radical (unpaired) electrons. The van der Waals surface area contributed by atoms with E-state index in [1.54, 1.807) is 7.05 Å². The van der Waals surface area contributed by atoms with Crippen LogP contribution in [0.4, 0.5) is 0 Å². The van der Waals surface area contributed by atoms with E-state index in [2.05, 4.69) is 46.0 Å². The van der Waals surface area contributed by atoms with Gasteiger partial charge >= 0.3 is 0 Å². The minimum Gasteiger partial charge on any atom is -0.359 e. The lowest BCUT2D eigenvalue weighted by Gasteiger charge is -2.30. The molecule has 1 amide bonds. The summed E-state index contributed by atoms with van der Waals surface area (Å²) < 4.78 is 2.25. The molecular formula is C23H31N3O2. The number of benzene rings is 1. The van der Waals surface area contributed by atoms with Gasteiger partial charge in [0.1, 0.15) is 0 Å².